The first kappa shape index (κ1) is 12.8. The molecular formula is C14H17N5OS. The number of H-pyrrole nitrogens is 1. The van der Waals surface area contributed by atoms with E-state index in [2.05, 4.69) is 32.5 Å². The first-order valence-electron chi connectivity index (χ1n) is 6.99. The summed E-state index contributed by atoms with van der Waals surface area (Å²) in [5, 5.41) is 9.90. The predicted octanol–water partition coefficient (Wildman–Crippen LogP) is 1.35. The third kappa shape index (κ3) is 2.04. The van der Waals surface area contributed by atoms with Gasteiger partial charge in [-0.3, -0.25) is 10.00 Å². The molecule has 2 aromatic rings. The second kappa shape index (κ2) is 4.57. The predicted molar refractivity (Wildman–Crippen MR) is 81.1 cm³/mol. The molecule has 2 N–H and O–H groups in total. The molecule has 0 saturated carbocycles. The van der Waals surface area contributed by atoms with Crippen LogP contribution in [0.25, 0.3) is 10.6 Å². The monoisotopic (exact) mass is 303 g/mol. The second-order valence-electron chi connectivity index (χ2n) is 5.82. The second-order valence-corrected chi connectivity index (χ2v) is 6.99. The molecule has 2 aliphatic rings. The SMILES string of the molecule is CN1C(=O)NCC12CN(Cc1ccc(-c3ccn[nH]3)s1)C2. The van der Waals surface area contributed by atoms with Gasteiger partial charge in [-0.2, -0.15) is 5.10 Å². The van der Waals surface area contributed by atoms with E-state index in [1.54, 1.807) is 17.5 Å². The van der Waals surface area contributed by atoms with Gasteiger partial charge in [0.1, 0.15) is 0 Å². The Hall–Kier alpha value is -1.86. The fourth-order valence-electron chi connectivity index (χ4n) is 3.14. The lowest BCUT2D eigenvalue weighted by molar-refractivity contribution is -0.000420. The van der Waals surface area contributed by atoms with Gasteiger partial charge in [0.05, 0.1) is 16.1 Å². The van der Waals surface area contributed by atoms with E-state index < -0.39 is 0 Å². The molecular weight excluding hydrogens is 286 g/mol. The number of rotatable bonds is 3. The van der Waals surface area contributed by atoms with Crippen LogP contribution in [-0.4, -0.2) is 58.2 Å². The summed E-state index contributed by atoms with van der Waals surface area (Å²) in [7, 11) is 1.89. The van der Waals surface area contributed by atoms with Gasteiger partial charge in [0.15, 0.2) is 0 Å². The summed E-state index contributed by atoms with van der Waals surface area (Å²) in [5.41, 5.74) is 1.08. The topological polar surface area (TPSA) is 64.3 Å². The van der Waals surface area contributed by atoms with Crippen molar-refractivity contribution in [2.24, 2.45) is 0 Å². The van der Waals surface area contributed by atoms with Gasteiger partial charge >= 0.3 is 6.03 Å². The van der Waals surface area contributed by atoms with Gasteiger partial charge in [-0.25, -0.2) is 4.79 Å². The lowest BCUT2D eigenvalue weighted by Gasteiger charge is -2.50. The average molecular weight is 303 g/mol. The van der Waals surface area contributed by atoms with E-state index in [1.165, 1.54) is 9.75 Å². The van der Waals surface area contributed by atoms with Crippen molar-refractivity contribution in [3.05, 3.63) is 29.3 Å². The Labute approximate surface area is 126 Å². The van der Waals surface area contributed by atoms with Crippen LogP contribution >= 0.6 is 11.3 Å². The number of hydrogen-bond donors (Lipinski definition) is 2. The van der Waals surface area contributed by atoms with Crippen LogP contribution in [0.2, 0.25) is 0 Å². The third-order valence-corrected chi connectivity index (χ3v) is 5.53. The van der Waals surface area contributed by atoms with E-state index in [4.69, 9.17) is 0 Å². The van der Waals surface area contributed by atoms with Gasteiger partial charge in [-0.15, -0.1) is 11.3 Å². The summed E-state index contributed by atoms with van der Waals surface area (Å²) in [6.07, 6.45) is 1.77. The molecule has 6 nitrogen and oxygen atoms in total. The van der Waals surface area contributed by atoms with Crippen LogP contribution in [0.1, 0.15) is 4.88 Å². The van der Waals surface area contributed by atoms with Gasteiger partial charge in [0.25, 0.3) is 0 Å². The first-order chi connectivity index (χ1) is 10.2. The Balaban J connectivity index is 1.40. The van der Waals surface area contributed by atoms with Crippen LogP contribution in [0, 0.1) is 0 Å². The number of nitrogens with zero attached hydrogens (tertiary/aromatic N) is 3. The summed E-state index contributed by atoms with van der Waals surface area (Å²) in [6.45, 7) is 3.60. The van der Waals surface area contributed by atoms with E-state index in [0.29, 0.717) is 0 Å². The number of carbonyl (C=O) groups excluding carboxylic acids is 1. The summed E-state index contributed by atoms with van der Waals surface area (Å²) in [4.78, 5) is 18.4. The Morgan fingerprint density at radius 3 is 2.90 bits per heavy atom. The standard InChI is InChI=1S/C14H17N5OS/c1-18-13(20)15-7-14(18)8-19(9-14)6-10-2-3-12(21-10)11-4-5-16-17-11/h2-5H,6-9H2,1H3,(H,15,20)(H,16,17). The minimum absolute atomic E-state index is 0.0144. The fraction of sp³-hybridized carbons (Fsp3) is 0.429. The molecule has 2 saturated heterocycles. The fourth-order valence-corrected chi connectivity index (χ4v) is 4.16. The molecule has 7 heteroatoms. The van der Waals surface area contributed by atoms with Crippen LogP contribution < -0.4 is 5.32 Å². The van der Waals surface area contributed by atoms with E-state index in [1.807, 2.05) is 18.0 Å². The molecule has 21 heavy (non-hydrogen) atoms. The molecule has 0 bridgehead atoms. The third-order valence-electron chi connectivity index (χ3n) is 4.43. The maximum absolute atomic E-state index is 11.6. The normalized spacial score (nSPS) is 20.8. The Morgan fingerprint density at radius 2 is 2.24 bits per heavy atom. The number of urea groups is 1. The molecule has 2 fully saturated rings. The van der Waals surface area contributed by atoms with Crippen molar-refractivity contribution in [2.45, 2.75) is 12.1 Å². The molecule has 0 unspecified atom stereocenters. The summed E-state index contributed by atoms with van der Waals surface area (Å²) < 4.78 is 0. The molecule has 110 valence electrons. The highest BCUT2D eigenvalue weighted by Crippen LogP contribution is 2.33. The van der Waals surface area contributed by atoms with Crippen LogP contribution in [0.3, 0.4) is 0 Å². The van der Waals surface area contributed by atoms with Crippen molar-refractivity contribution in [3.8, 4) is 10.6 Å². The molecule has 0 atom stereocenters. The highest BCUT2D eigenvalue weighted by Gasteiger charge is 2.51. The smallest absolute Gasteiger partial charge is 0.317 e. The molecule has 0 aliphatic carbocycles. The van der Waals surface area contributed by atoms with Gasteiger partial charge in [-0.05, 0) is 18.2 Å². The summed E-state index contributed by atoms with van der Waals surface area (Å²) in [5.74, 6) is 0. The maximum atomic E-state index is 11.6. The quantitative estimate of drug-likeness (QED) is 0.899. The highest BCUT2D eigenvalue weighted by atomic mass is 32.1. The molecule has 0 radical (unpaired) electrons. The minimum Gasteiger partial charge on any atom is -0.336 e. The Kier molecular flexibility index (Phi) is 2.80. The van der Waals surface area contributed by atoms with E-state index >= 15 is 0 Å². The number of carbonyl (C=O) groups is 1. The van der Waals surface area contributed by atoms with Gasteiger partial charge in [0.2, 0.25) is 0 Å². The van der Waals surface area contributed by atoms with Gasteiger partial charge < -0.3 is 10.2 Å². The van der Waals surface area contributed by atoms with Crippen molar-refractivity contribution in [2.75, 3.05) is 26.7 Å². The first-order valence-corrected chi connectivity index (χ1v) is 7.80. The molecule has 4 heterocycles. The maximum Gasteiger partial charge on any atom is 0.317 e. The van der Waals surface area contributed by atoms with Crippen molar-refractivity contribution < 1.29 is 4.79 Å². The number of aromatic nitrogens is 2. The van der Waals surface area contributed by atoms with Crippen LogP contribution in [0.5, 0.6) is 0 Å². The average Bonchev–Trinajstić information content (AvgIpc) is 3.13. The lowest BCUT2D eigenvalue weighted by atomic mass is 9.89. The highest BCUT2D eigenvalue weighted by molar-refractivity contribution is 7.15. The number of thiophene rings is 1. The minimum atomic E-state index is 0.0144. The number of amides is 2. The molecule has 2 aromatic heterocycles. The van der Waals surface area contributed by atoms with Crippen molar-refractivity contribution in [3.63, 3.8) is 0 Å². The summed E-state index contributed by atoms with van der Waals surface area (Å²) >= 11 is 1.79. The number of hydrogen-bond acceptors (Lipinski definition) is 4. The number of likely N-dealkylation sites (N-methyl/N-ethyl adjacent to an activating group) is 1. The van der Waals surface area contributed by atoms with E-state index in [-0.39, 0.29) is 11.6 Å². The van der Waals surface area contributed by atoms with Crippen LogP contribution in [-0.2, 0) is 6.54 Å². The molecule has 2 aliphatic heterocycles. The largest absolute Gasteiger partial charge is 0.336 e. The molecule has 1 spiro atoms. The van der Waals surface area contributed by atoms with Crippen LogP contribution in [0.15, 0.2) is 24.4 Å². The van der Waals surface area contributed by atoms with Crippen molar-refractivity contribution >= 4 is 17.4 Å². The van der Waals surface area contributed by atoms with E-state index in [0.717, 1.165) is 31.9 Å². The zero-order chi connectivity index (χ0) is 14.4. The zero-order valence-electron chi connectivity index (χ0n) is 11.8. The summed E-state index contributed by atoms with van der Waals surface area (Å²) in [6, 6.07) is 6.34. The van der Waals surface area contributed by atoms with Crippen molar-refractivity contribution in [1.82, 2.24) is 25.3 Å². The lowest BCUT2D eigenvalue weighted by Crippen LogP contribution is -2.68. The number of aromatic amines is 1. The van der Waals surface area contributed by atoms with Gasteiger partial charge in [0, 0.05) is 44.3 Å². The van der Waals surface area contributed by atoms with Crippen LogP contribution in [0.4, 0.5) is 4.79 Å². The number of nitrogens with one attached hydrogen (secondary N) is 2. The zero-order valence-corrected chi connectivity index (χ0v) is 12.6. The Morgan fingerprint density at radius 1 is 1.38 bits per heavy atom. The molecule has 4 rings (SSSR count). The number of likely N-dealkylation sites (tertiary alicyclic amines) is 1. The molecule has 2 amide bonds. The van der Waals surface area contributed by atoms with Gasteiger partial charge in [-0.1, -0.05) is 0 Å². The van der Waals surface area contributed by atoms with E-state index in [9.17, 15) is 4.79 Å². The Bertz CT molecular complexity index is 659. The van der Waals surface area contributed by atoms with Crippen molar-refractivity contribution in [1.29, 1.82) is 0 Å². The molecule has 0 aromatic carbocycles.